The predicted octanol–water partition coefficient (Wildman–Crippen LogP) is 8.87. The van der Waals surface area contributed by atoms with Crippen molar-refractivity contribution < 1.29 is 0 Å². The smallest absolute Gasteiger partial charge is 0.252 e. The van der Waals surface area contributed by atoms with Crippen molar-refractivity contribution in [2.75, 3.05) is 9.80 Å². The van der Waals surface area contributed by atoms with E-state index in [4.69, 9.17) is 0 Å². The van der Waals surface area contributed by atoms with Crippen LogP contribution in [-0.2, 0) is 0 Å². The zero-order valence-corrected chi connectivity index (χ0v) is 25.1. The molecule has 4 heteroatoms. The van der Waals surface area contributed by atoms with Crippen LogP contribution in [0.1, 0.15) is 0 Å². The number of hydrogen-bond donors (Lipinski definition) is 0. The molecule has 2 aliphatic rings. The summed E-state index contributed by atoms with van der Waals surface area (Å²) in [6.45, 7) is 0.101. The lowest BCUT2D eigenvalue weighted by Gasteiger charge is -2.44. The largest absolute Gasteiger partial charge is 0.311 e. The Morgan fingerprint density at radius 1 is 0.348 bits per heavy atom. The standard InChI is InChI=1S/C42H28BN3/c1-3-14-29(15-4-1)44-38-23-12-9-20-34(38)43-35-27-26-31(46-36-21-10-7-18-32(36)33-19-8-11-22-37(33)46)28-41(35)45(30-16-5-2-6-17-30)40-25-13-24-39(44)42(40)43/h1-28H. The number of para-hydroxylation sites is 5. The van der Waals surface area contributed by atoms with Gasteiger partial charge >= 0.3 is 0 Å². The van der Waals surface area contributed by atoms with Gasteiger partial charge in [-0.2, -0.15) is 0 Å². The lowest BCUT2D eigenvalue weighted by molar-refractivity contribution is 1.17. The highest BCUT2D eigenvalue weighted by Gasteiger charge is 2.43. The molecular formula is C42H28BN3. The van der Waals surface area contributed by atoms with Crippen molar-refractivity contribution in [2.24, 2.45) is 0 Å². The van der Waals surface area contributed by atoms with Crippen LogP contribution in [0.25, 0.3) is 27.5 Å². The Morgan fingerprint density at radius 2 is 0.848 bits per heavy atom. The molecule has 0 saturated heterocycles. The number of fused-ring (bicyclic) bond motifs is 7. The van der Waals surface area contributed by atoms with E-state index in [1.807, 2.05) is 0 Å². The summed E-state index contributed by atoms with van der Waals surface area (Å²) in [6.07, 6.45) is 0. The first-order valence-electron chi connectivity index (χ1n) is 15.9. The Bertz CT molecular complexity index is 2390. The van der Waals surface area contributed by atoms with Gasteiger partial charge in [0.1, 0.15) is 0 Å². The Labute approximate surface area is 268 Å². The summed E-state index contributed by atoms with van der Waals surface area (Å²) in [6, 6.07) is 61.9. The predicted molar refractivity (Wildman–Crippen MR) is 195 cm³/mol. The summed E-state index contributed by atoms with van der Waals surface area (Å²) in [5.41, 5.74) is 14.8. The highest BCUT2D eigenvalue weighted by molar-refractivity contribution is 7.00. The molecule has 0 bridgehead atoms. The molecule has 0 saturated carbocycles. The summed E-state index contributed by atoms with van der Waals surface area (Å²) in [5, 5.41) is 2.54. The van der Waals surface area contributed by atoms with Crippen LogP contribution < -0.4 is 26.2 Å². The van der Waals surface area contributed by atoms with Crippen molar-refractivity contribution in [3.63, 3.8) is 0 Å². The molecule has 1 aromatic heterocycles. The van der Waals surface area contributed by atoms with Gasteiger partial charge in [0.2, 0.25) is 0 Å². The summed E-state index contributed by atoms with van der Waals surface area (Å²) in [5.74, 6) is 0. The second-order valence-electron chi connectivity index (χ2n) is 12.2. The van der Waals surface area contributed by atoms with Crippen LogP contribution in [-0.4, -0.2) is 11.3 Å². The fourth-order valence-corrected chi connectivity index (χ4v) is 7.92. The number of aromatic nitrogens is 1. The molecule has 7 aromatic carbocycles. The van der Waals surface area contributed by atoms with Crippen LogP contribution in [0.2, 0.25) is 0 Å². The molecule has 0 unspecified atom stereocenters. The van der Waals surface area contributed by atoms with E-state index >= 15 is 0 Å². The third kappa shape index (κ3) is 3.50. The van der Waals surface area contributed by atoms with Crippen molar-refractivity contribution in [1.29, 1.82) is 0 Å². The highest BCUT2D eigenvalue weighted by Crippen LogP contribution is 2.44. The van der Waals surface area contributed by atoms with Gasteiger partial charge in [-0.15, -0.1) is 0 Å². The average Bonchev–Trinajstić information content (AvgIpc) is 3.46. The van der Waals surface area contributed by atoms with E-state index in [9.17, 15) is 0 Å². The number of rotatable bonds is 3. The minimum atomic E-state index is 0.101. The quantitative estimate of drug-likeness (QED) is 0.192. The van der Waals surface area contributed by atoms with Crippen molar-refractivity contribution in [2.45, 2.75) is 0 Å². The van der Waals surface area contributed by atoms with E-state index in [2.05, 4.69) is 184 Å². The Balaban J connectivity index is 1.28. The van der Waals surface area contributed by atoms with Gasteiger partial charge in [0.15, 0.2) is 0 Å². The minimum absolute atomic E-state index is 0.101. The van der Waals surface area contributed by atoms with Gasteiger partial charge in [-0.05, 0) is 83.1 Å². The third-order valence-electron chi connectivity index (χ3n) is 9.75. The number of benzene rings is 7. The van der Waals surface area contributed by atoms with Crippen LogP contribution in [0, 0.1) is 0 Å². The summed E-state index contributed by atoms with van der Waals surface area (Å²) < 4.78 is 2.42. The SMILES string of the molecule is c1ccc(N2c3ccccc3B3c4ccc(-n5c6ccccc6c6ccccc65)cc4N(c4ccccc4)c4cccc2c43)cc1. The molecule has 0 amide bonds. The second-order valence-corrected chi connectivity index (χ2v) is 12.2. The number of anilines is 6. The van der Waals surface area contributed by atoms with Gasteiger partial charge in [-0.1, -0.05) is 103 Å². The Hall–Kier alpha value is -6.00. The molecule has 0 fully saturated rings. The fraction of sp³-hybridized carbons (Fsp3) is 0. The molecule has 0 spiro atoms. The van der Waals surface area contributed by atoms with Gasteiger partial charge in [-0.3, -0.25) is 0 Å². The topological polar surface area (TPSA) is 11.4 Å². The number of hydrogen-bond acceptors (Lipinski definition) is 2. The first-order chi connectivity index (χ1) is 22.9. The zero-order valence-electron chi connectivity index (χ0n) is 25.1. The van der Waals surface area contributed by atoms with E-state index in [-0.39, 0.29) is 6.71 Å². The first-order valence-corrected chi connectivity index (χ1v) is 15.9. The molecule has 0 N–H and O–H groups in total. The van der Waals surface area contributed by atoms with Crippen LogP contribution in [0.3, 0.4) is 0 Å². The van der Waals surface area contributed by atoms with E-state index in [0.29, 0.717) is 0 Å². The minimum Gasteiger partial charge on any atom is -0.311 e. The van der Waals surface area contributed by atoms with E-state index in [0.717, 1.165) is 11.4 Å². The summed E-state index contributed by atoms with van der Waals surface area (Å²) >= 11 is 0. The average molecular weight is 586 g/mol. The monoisotopic (exact) mass is 585 g/mol. The van der Waals surface area contributed by atoms with E-state index in [1.165, 1.54) is 66.6 Å². The van der Waals surface area contributed by atoms with Gasteiger partial charge in [-0.25, -0.2) is 0 Å². The lowest BCUT2D eigenvalue weighted by Crippen LogP contribution is -2.61. The molecule has 3 heterocycles. The molecule has 214 valence electrons. The first kappa shape index (κ1) is 25.3. The summed E-state index contributed by atoms with van der Waals surface area (Å²) in [4.78, 5) is 4.91. The van der Waals surface area contributed by atoms with Crippen molar-refractivity contribution in [1.82, 2.24) is 4.57 Å². The fourth-order valence-electron chi connectivity index (χ4n) is 7.92. The van der Waals surface area contributed by atoms with Gasteiger partial charge in [0, 0.05) is 50.6 Å². The molecule has 0 atom stereocenters. The molecular weight excluding hydrogens is 557 g/mol. The van der Waals surface area contributed by atoms with Gasteiger partial charge in [0.05, 0.1) is 11.0 Å². The van der Waals surface area contributed by atoms with Crippen LogP contribution >= 0.6 is 0 Å². The van der Waals surface area contributed by atoms with Crippen LogP contribution in [0.15, 0.2) is 170 Å². The van der Waals surface area contributed by atoms with E-state index in [1.54, 1.807) is 0 Å². The third-order valence-corrected chi connectivity index (χ3v) is 9.75. The van der Waals surface area contributed by atoms with E-state index < -0.39 is 0 Å². The zero-order chi connectivity index (χ0) is 30.2. The molecule has 10 rings (SSSR count). The Morgan fingerprint density at radius 3 is 1.50 bits per heavy atom. The molecule has 0 radical (unpaired) electrons. The molecule has 46 heavy (non-hydrogen) atoms. The maximum atomic E-state index is 2.47. The van der Waals surface area contributed by atoms with Gasteiger partial charge in [0.25, 0.3) is 6.71 Å². The van der Waals surface area contributed by atoms with Crippen molar-refractivity contribution in [3.05, 3.63) is 170 Å². The highest BCUT2D eigenvalue weighted by atomic mass is 15.2. The van der Waals surface area contributed by atoms with Gasteiger partial charge < -0.3 is 14.4 Å². The second kappa shape index (κ2) is 9.75. The maximum Gasteiger partial charge on any atom is 0.252 e. The molecule has 3 nitrogen and oxygen atoms in total. The molecule has 2 aliphatic heterocycles. The summed E-state index contributed by atoms with van der Waals surface area (Å²) in [7, 11) is 0. The van der Waals surface area contributed by atoms with Crippen molar-refractivity contribution >= 4 is 79.0 Å². The van der Waals surface area contributed by atoms with Crippen LogP contribution in [0.4, 0.5) is 34.1 Å². The number of nitrogens with zero attached hydrogens (tertiary/aromatic N) is 3. The normalized spacial score (nSPS) is 13.1. The van der Waals surface area contributed by atoms with Crippen molar-refractivity contribution in [3.8, 4) is 5.69 Å². The lowest BCUT2D eigenvalue weighted by atomic mass is 9.33. The molecule has 0 aliphatic carbocycles. The maximum absolute atomic E-state index is 2.47. The van der Waals surface area contributed by atoms with Crippen LogP contribution in [0.5, 0.6) is 0 Å². The Kier molecular flexibility index (Phi) is 5.37. The molecule has 8 aromatic rings.